The number of nitrogens with zero attached hydrogens (tertiary/aromatic N) is 4. The third-order valence-electron chi connectivity index (χ3n) is 4.77. The lowest BCUT2D eigenvalue weighted by molar-refractivity contribution is 0.100. The molecule has 0 unspecified atom stereocenters. The highest BCUT2D eigenvalue weighted by molar-refractivity contribution is 6.14. The van der Waals surface area contributed by atoms with Gasteiger partial charge in [0.1, 0.15) is 23.4 Å². The molecule has 8 heteroatoms. The minimum absolute atomic E-state index is 0.136. The Labute approximate surface area is 148 Å². The number of pyridine rings is 1. The van der Waals surface area contributed by atoms with Crippen molar-refractivity contribution in [2.75, 3.05) is 5.73 Å². The van der Waals surface area contributed by atoms with Crippen molar-refractivity contribution in [3.63, 3.8) is 0 Å². The second kappa shape index (κ2) is 5.22. The smallest absolute Gasteiger partial charge is 0.253 e. The molecule has 0 atom stereocenters. The van der Waals surface area contributed by atoms with Crippen molar-refractivity contribution >= 4 is 28.3 Å². The van der Waals surface area contributed by atoms with Gasteiger partial charge in [0, 0.05) is 16.6 Å². The van der Waals surface area contributed by atoms with E-state index in [1.54, 1.807) is 28.1 Å². The second-order valence-electron chi connectivity index (χ2n) is 6.38. The minimum Gasteiger partial charge on any atom is -0.508 e. The van der Waals surface area contributed by atoms with Crippen molar-refractivity contribution in [3.8, 4) is 11.4 Å². The van der Waals surface area contributed by atoms with E-state index in [9.17, 15) is 9.90 Å². The van der Waals surface area contributed by atoms with Crippen LogP contribution in [0.15, 0.2) is 24.5 Å². The van der Waals surface area contributed by atoms with Gasteiger partial charge in [0.2, 0.25) is 0 Å². The van der Waals surface area contributed by atoms with Crippen LogP contribution in [-0.2, 0) is 0 Å². The summed E-state index contributed by atoms with van der Waals surface area (Å²) in [6.45, 7) is 5.57. The highest BCUT2D eigenvalue weighted by Crippen LogP contribution is 2.37. The summed E-state index contributed by atoms with van der Waals surface area (Å²) in [6, 6.07) is 5.24. The van der Waals surface area contributed by atoms with Crippen molar-refractivity contribution in [3.05, 3.63) is 46.9 Å². The lowest BCUT2D eigenvalue weighted by atomic mass is 10.1. The fourth-order valence-corrected chi connectivity index (χ4v) is 3.56. The number of carbonyl (C=O) groups is 1. The molecule has 0 aliphatic carbocycles. The van der Waals surface area contributed by atoms with E-state index in [2.05, 4.69) is 10.1 Å². The van der Waals surface area contributed by atoms with E-state index >= 15 is 0 Å². The van der Waals surface area contributed by atoms with Crippen LogP contribution in [0.3, 0.4) is 0 Å². The predicted molar refractivity (Wildman–Crippen MR) is 98.6 cm³/mol. The molecule has 5 N–H and O–H groups in total. The number of aryl methyl sites for hydroxylation is 2. The summed E-state index contributed by atoms with van der Waals surface area (Å²) in [5.74, 6) is -0.276. The number of benzene rings is 1. The van der Waals surface area contributed by atoms with E-state index in [0.717, 1.165) is 11.3 Å². The molecule has 4 rings (SSSR count). The van der Waals surface area contributed by atoms with Crippen LogP contribution in [0.2, 0.25) is 0 Å². The maximum atomic E-state index is 12.1. The van der Waals surface area contributed by atoms with Crippen molar-refractivity contribution in [2.24, 2.45) is 5.73 Å². The van der Waals surface area contributed by atoms with E-state index in [-0.39, 0.29) is 17.1 Å². The zero-order valence-corrected chi connectivity index (χ0v) is 14.6. The normalized spacial score (nSPS) is 11.5. The summed E-state index contributed by atoms with van der Waals surface area (Å²) in [5, 5.41) is 15.0. The third kappa shape index (κ3) is 1.92. The maximum absolute atomic E-state index is 12.1. The molecule has 0 fully saturated rings. The number of amides is 1. The van der Waals surface area contributed by atoms with Gasteiger partial charge < -0.3 is 16.6 Å². The molecule has 0 saturated carbocycles. The Kier molecular flexibility index (Phi) is 3.20. The van der Waals surface area contributed by atoms with Gasteiger partial charge in [-0.25, -0.2) is 9.50 Å². The quantitative estimate of drug-likeness (QED) is 0.510. The van der Waals surface area contributed by atoms with Crippen molar-refractivity contribution in [2.45, 2.75) is 20.8 Å². The Morgan fingerprint density at radius 1 is 1.23 bits per heavy atom. The minimum atomic E-state index is -0.620. The molecule has 1 aromatic carbocycles. The van der Waals surface area contributed by atoms with Crippen LogP contribution in [0.4, 0.5) is 5.82 Å². The van der Waals surface area contributed by atoms with Gasteiger partial charge in [-0.1, -0.05) is 6.07 Å². The number of phenolic OH excluding ortho intramolecular Hbond substituents is 1. The number of nitrogen functional groups attached to an aromatic ring is 1. The summed E-state index contributed by atoms with van der Waals surface area (Å²) in [6.07, 6.45) is 1.45. The number of hydrogen-bond acceptors (Lipinski definition) is 5. The van der Waals surface area contributed by atoms with Crippen LogP contribution in [0.5, 0.6) is 5.75 Å². The summed E-state index contributed by atoms with van der Waals surface area (Å²) >= 11 is 0. The van der Waals surface area contributed by atoms with Crippen LogP contribution in [-0.4, -0.2) is 30.2 Å². The molecule has 132 valence electrons. The van der Waals surface area contributed by atoms with E-state index in [0.29, 0.717) is 27.8 Å². The number of hydrogen-bond donors (Lipinski definition) is 3. The first-order valence-electron chi connectivity index (χ1n) is 8.05. The zero-order valence-electron chi connectivity index (χ0n) is 14.6. The predicted octanol–water partition coefficient (Wildman–Crippen LogP) is 1.99. The Bertz CT molecular complexity index is 1220. The maximum Gasteiger partial charge on any atom is 0.253 e. The molecule has 3 heterocycles. The molecule has 0 aliphatic heterocycles. The van der Waals surface area contributed by atoms with Crippen LogP contribution in [0.25, 0.3) is 22.2 Å². The Balaban J connectivity index is 2.31. The first-order chi connectivity index (χ1) is 12.3. The summed E-state index contributed by atoms with van der Waals surface area (Å²) in [7, 11) is 0. The topological polar surface area (TPSA) is 124 Å². The number of phenols is 1. The molecule has 3 aromatic heterocycles. The second-order valence-corrected chi connectivity index (χ2v) is 6.38. The third-order valence-corrected chi connectivity index (χ3v) is 4.77. The van der Waals surface area contributed by atoms with Gasteiger partial charge in [0.25, 0.3) is 5.91 Å². The number of anilines is 1. The average Bonchev–Trinajstić information content (AvgIpc) is 3.15. The van der Waals surface area contributed by atoms with Crippen LogP contribution in [0.1, 0.15) is 27.2 Å². The molecular formula is C18H18N6O2. The average molecular weight is 350 g/mol. The highest BCUT2D eigenvalue weighted by Gasteiger charge is 2.25. The molecule has 26 heavy (non-hydrogen) atoms. The van der Waals surface area contributed by atoms with E-state index in [4.69, 9.17) is 11.5 Å². The fraction of sp³-hybridized carbons (Fsp3) is 0.167. The van der Waals surface area contributed by atoms with E-state index < -0.39 is 5.91 Å². The molecule has 4 aromatic rings. The molecule has 1 amide bonds. The zero-order chi connectivity index (χ0) is 18.7. The first kappa shape index (κ1) is 15.9. The number of aromatic hydroxyl groups is 1. The Morgan fingerprint density at radius 2 is 1.96 bits per heavy atom. The van der Waals surface area contributed by atoms with Gasteiger partial charge in [-0.2, -0.15) is 5.10 Å². The van der Waals surface area contributed by atoms with Crippen molar-refractivity contribution in [1.82, 2.24) is 19.2 Å². The molecule has 8 nitrogen and oxygen atoms in total. The van der Waals surface area contributed by atoms with Crippen molar-refractivity contribution in [1.29, 1.82) is 0 Å². The highest BCUT2D eigenvalue weighted by atomic mass is 16.3. The molecule has 0 aliphatic rings. The largest absolute Gasteiger partial charge is 0.508 e. The van der Waals surface area contributed by atoms with Gasteiger partial charge in [0.15, 0.2) is 5.65 Å². The van der Waals surface area contributed by atoms with E-state index in [1.165, 1.54) is 6.33 Å². The van der Waals surface area contributed by atoms with Gasteiger partial charge in [-0.05, 0) is 38.5 Å². The molecule has 0 bridgehead atoms. The SMILES string of the molecule is Cc1ccc(O)c(C)c1-n1c(N)c(C(N)=O)c2cc(C)n3ncnc3c21. The first-order valence-corrected chi connectivity index (χ1v) is 8.05. The molecule has 0 saturated heterocycles. The van der Waals surface area contributed by atoms with Gasteiger partial charge in [-0.3, -0.25) is 9.36 Å². The molecular weight excluding hydrogens is 332 g/mol. The lowest BCUT2D eigenvalue weighted by Gasteiger charge is -2.16. The molecule has 0 radical (unpaired) electrons. The summed E-state index contributed by atoms with van der Waals surface area (Å²) < 4.78 is 3.40. The number of carbonyl (C=O) groups excluding carboxylic acids is 1. The van der Waals surface area contributed by atoms with Gasteiger partial charge in [-0.15, -0.1) is 0 Å². The van der Waals surface area contributed by atoms with Crippen molar-refractivity contribution < 1.29 is 9.90 Å². The number of aromatic nitrogens is 4. The summed E-state index contributed by atoms with van der Waals surface area (Å²) in [4.78, 5) is 16.5. The lowest BCUT2D eigenvalue weighted by Crippen LogP contribution is -2.14. The van der Waals surface area contributed by atoms with E-state index in [1.807, 2.05) is 19.9 Å². The number of primary amides is 1. The van der Waals surface area contributed by atoms with Crippen LogP contribution >= 0.6 is 0 Å². The molecule has 0 spiro atoms. The Hall–Kier alpha value is -3.55. The summed E-state index contributed by atoms with van der Waals surface area (Å²) in [5.41, 5.74) is 16.4. The van der Waals surface area contributed by atoms with Crippen LogP contribution in [0, 0.1) is 20.8 Å². The Morgan fingerprint density at radius 3 is 2.65 bits per heavy atom. The van der Waals surface area contributed by atoms with Gasteiger partial charge >= 0.3 is 0 Å². The number of rotatable bonds is 2. The number of fused-ring (bicyclic) bond motifs is 3. The monoisotopic (exact) mass is 350 g/mol. The number of nitrogens with two attached hydrogens (primary N) is 2. The van der Waals surface area contributed by atoms with Gasteiger partial charge in [0.05, 0.1) is 11.3 Å². The standard InChI is InChI=1S/C18H18N6O2/c1-8-4-5-12(25)10(3)14(8)23-15-11(13(16(23)19)17(20)26)6-9(2)24-18(15)21-7-22-24/h4-7,25H,19H2,1-3H3,(H2,20,26). The fourth-order valence-electron chi connectivity index (χ4n) is 3.56. The van der Waals surface area contributed by atoms with Crippen LogP contribution < -0.4 is 11.5 Å².